The Morgan fingerprint density at radius 1 is 1.07 bits per heavy atom. The van der Waals surface area contributed by atoms with E-state index in [-0.39, 0.29) is 18.0 Å². The van der Waals surface area contributed by atoms with E-state index in [2.05, 4.69) is 4.90 Å². The highest BCUT2D eigenvalue weighted by molar-refractivity contribution is 5.98. The van der Waals surface area contributed by atoms with Crippen molar-refractivity contribution in [1.82, 2.24) is 0 Å². The number of Topliss-reactive ketones (excluding diaryl/α,β-unsaturated/α-hetero) is 2. The zero-order valence-corrected chi connectivity index (χ0v) is 15.0. The zero-order valence-electron chi connectivity index (χ0n) is 15.0. The van der Waals surface area contributed by atoms with E-state index in [0.717, 1.165) is 23.4 Å². The van der Waals surface area contributed by atoms with Gasteiger partial charge in [0.05, 0.1) is 5.56 Å². The molecular formula is C21H20F3NO2. The lowest BCUT2D eigenvalue weighted by molar-refractivity contribution is -0.137. The highest BCUT2D eigenvalue weighted by Gasteiger charge is 2.30. The minimum Gasteiger partial charge on any atom is -0.370 e. The van der Waals surface area contributed by atoms with Crippen molar-refractivity contribution in [3.8, 4) is 0 Å². The molecule has 1 heterocycles. The van der Waals surface area contributed by atoms with Crippen molar-refractivity contribution in [2.75, 3.05) is 18.0 Å². The Hall–Kier alpha value is -2.63. The van der Waals surface area contributed by atoms with Crippen LogP contribution in [0.4, 0.5) is 18.9 Å². The second kappa shape index (κ2) is 7.55. The summed E-state index contributed by atoms with van der Waals surface area (Å²) in [4.78, 5) is 26.1. The van der Waals surface area contributed by atoms with E-state index in [0.29, 0.717) is 37.1 Å². The summed E-state index contributed by atoms with van der Waals surface area (Å²) in [6, 6.07) is 10.2. The van der Waals surface area contributed by atoms with Crippen LogP contribution in [0.1, 0.15) is 39.9 Å². The highest BCUT2D eigenvalue weighted by atomic mass is 19.4. The molecule has 3 nitrogen and oxygen atoms in total. The molecule has 0 N–H and O–H groups in total. The van der Waals surface area contributed by atoms with E-state index in [1.165, 1.54) is 12.1 Å². The first-order valence-electron chi connectivity index (χ1n) is 8.80. The Labute approximate surface area is 155 Å². The molecule has 0 aliphatic carbocycles. The third-order valence-electron chi connectivity index (χ3n) is 4.81. The monoisotopic (exact) mass is 375 g/mol. The van der Waals surface area contributed by atoms with Crippen molar-refractivity contribution in [2.24, 2.45) is 0 Å². The number of nitrogens with zero attached hydrogens (tertiary/aromatic N) is 1. The van der Waals surface area contributed by atoms with Gasteiger partial charge in [-0.25, -0.2) is 0 Å². The van der Waals surface area contributed by atoms with Gasteiger partial charge in [-0.3, -0.25) is 9.59 Å². The minimum absolute atomic E-state index is 0.0924. The Bertz CT molecular complexity index is 864. The molecule has 0 aromatic heterocycles. The fourth-order valence-corrected chi connectivity index (χ4v) is 3.27. The van der Waals surface area contributed by atoms with Crippen LogP contribution >= 0.6 is 0 Å². The second-order valence-electron chi connectivity index (χ2n) is 6.83. The molecule has 0 unspecified atom stereocenters. The lowest BCUT2D eigenvalue weighted by Gasteiger charge is -2.29. The molecule has 3 rings (SSSR count). The highest BCUT2D eigenvalue weighted by Crippen LogP contribution is 2.30. The number of carbonyl (C=O) groups is 2. The van der Waals surface area contributed by atoms with Crippen molar-refractivity contribution in [2.45, 2.75) is 32.4 Å². The summed E-state index contributed by atoms with van der Waals surface area (Å²) in [5, 5.41) is 0. The first-order valence-corrected chi connectivity index (χ1v) is 8.80. The molecule has 2 aromatic rings. The number of hydrogen-bond donors (Lipinski definition) is 0. The summed E-state index contributed by atoms with van der Waals surface area (Å²) in [6.07, 6.45) is -3.55. The van der Waals surface area contributed by atoms with Gasteiger partial charge in [-0.2, -0.15) is 13.2 Å². The van der Waals surface area contributed by atoms with Gasteiger partial charge in [-0.15, -0.1) is 0 Å². The van der Waals surface area contributed by atoms with Gasteiger partial charge in [-0.05, 0) is 30.2 Å². The molecule has 0 radical (unpaired) electrons. The normalized spacial score (nSPS) is 15.1. The van der Waals surface area contributed by atoms with Gasteiger partial charge in [-0.1, -0.05) is 30.3 Å². The number of hydrogen-bond acceptors (Lipinski definition) is 3. The molecule has 6 heteroatoms. The van der Waals surface area contributed by atoms with Crippen LogP contribution in [0.15, 0.2) is 42.5 Å². The number of alkyl halides is 3. The van der Waals surface area contributed by atoms with Crippen molar-refractivity contribution in [1.29, 1.82) is 0 Å². The summed E-state index contributed by atoms with van der Waals surface area (Å²) < 4.78 is 38.5. The lowest BCUT2D eigenvalue weighted by Crippen LogP contribution is -2.34. The number of halogens is 3. The molecule has 1 aliphatic rings. The van der Waals surface area contributed by atoms with E-state index in [9.17, 15) is 22.8 Å². The molecule has 0 spiro atoms. The SMILES string of the molecule is Cc1ccc(C(=O)Cc2cccc(C(F)(F)F)c2)cc1N1CCC(=O)CC1. The largest absolute Gasteiger partial charge is 0.416 e. The topological polar surface area (TPSA) is 37.4 Å². The van der Waals surface area contributed by atoms with Crippen LogP contribution in [0.3, 0.4) is 0 Å². The van der Waals surface area contributed by atoms with E-state index >= 15 is 0 Å². The third-order valence-corrected chi connectivity index (χ3v) is 4.81. The van der Waals surface area contributed by atoms with Crippen LogP contribution in [0.5, 0.6) is 0 Å². The predicted octanol–water partition coefficient (Wildman–Crippen LogP) is 4.61. The molecule has 1 fully saturated rings. The van der Waals surface area contributed by atoms with Crippen LogP contribution in [-0.2, 0) is 17.4 Å². The first kappa shape index (κ1) is 19.1. The maximum atomic E-state index is 12.8. The Balaban J connectivity index is 1.79. The molecule has 0 saturated carbocycles. The number of ketones is 2. The van der Waals surface area contributed by atoms with Gasteiger partial charge >= 0.3 is 6.18 Å². The fourth-order valence-electron chi connectivity index (χ4n) is 3.27. The smallest absolute Gasteiger partial charge is 0.370 e. The number of anilines is 1. The quantitative estimate of drug-likeness (QED) is 0.733. The number of rotatable bonds is 4. The van der Waals surface area contributed by atoms with E-state index in [1.54, 1.807) is 12.1 Å². The third kappa shape index (κ3) is 4.56. The van der Waals surface area contributed by atoms with Gasteiger partial charge in [0.15, 0.2) is 5.78 Å². The summed E-state index contributed by atoms with van der Waals surface area (Å²) in [7, 11) is 0. The van der Waals surface area contributed by atoms with Crippen molar-refractivity contribution in [3.63, 3.8) is 0 Å². The van der Waals surface area contributed by atoms with Crippen molar-refractivity contribution >= 4 is 17.3 Å². The molecule has 142 valence electrons. The molecule has 2 aromatic carbocycles. The second-order valence-corrected chi connectivity index (χ2v) is 6.83. The van der Waals surface area contributed by atoms with Crippen LogP contribution in [0, 0.1) is 6.92 Å². The average molecular weight is 375 g/mol. The lowest BCUT2D eigenvalue weighted by atomic mass is 9.98. The van der Waals surface area contributed by atoms with E-state index < -0.39 is 11.7 Å². The molecule has 1 saturated heterocycles. The molecule has 1 aliphatic heterocycles. The van der Waals surface area contributed by atoms with Gasteiger partial charge in [0.2, 0.25) is 0 Å². The first-order chi connectivity index (χ1) is 12.7. The van der Waals surface area contributed by atoms with Crippen molar-refractivity contribution in [3.05, 3.63) is 64.7 Å². The summed E-state index contributed by atoms with van der Waals surface area (Å²) >= 11 is 0. The maximum Gasteiger partial charge on any atom is 0.416 e. The fraction of sp³-hybridized carbons (Fsp3) is 0.333. The molecule has 27 heavy (non-hydrogen) atoms. The van der Waals surface area contributed by atoms with Crippen LogP contribution < -0.4 is 4.90 Å². The average Bonchev–Trinajstić information content (AvgIpc) is 2.62. The van der Waals surface area contributed by atoms with Crippen LogP contribution in [0.2, 0.25) is 0 Å². The number of carbonyl (C=O) groups excluding carboxylic acids is 2. The molecule has 0 amide bonds. The number of piperidine rings is 1. The van der Waals surface area contributed by atoms with Gasteiger partial charge in [0.25, 0.3) is 0 Å². The summed E-state index contributed by atoms with van der Waals surface area (Å²) in [5.74, 6) is 0.00402. The summed E-state index contributed by atoms with van der Waals surface area (Å²) in [6.45, 7) is 3.17. The van der Waals surface area contributed by atoms with Gasteiger partial charge in [0, 0.05) is 43.6 Å². The van der Waals surface area contributed by atoms with Crippen molar-refractivity contribution < 1.29 is 22.8 Å². The maximum absolute atomic E-state index is 12.8. The Morgan fingerprint density at radius 2 is 1.78 bits per heavy atom. The van der Waals surface area contributed by atoms with E-state index in [4.69, 9.17) is 0 Å². The van der Waals surface area contributed by atoms with E-state index in [1.807, 2.05) is 13.0 Å². The number of benzene rings is 2. The Kier molecular flexibility index (Phi) is 5.35. The predicted molar refractivity (Wildman–Crippen MR) is 97.1 cm³/mol. The minimum atomic E-state index is -4.43. The standard InChI is InChI=1S/C21H20F3NO2/c1-14-5-6-16(13-19(14)25-9-7-18(26)8-10-25)20(27)12-15-3-2-4-17(11-15)21(22,23)24/h2-6,11,13H,7-10,12H2,1H3. The summed E-state index contributed by atoms with van der Waals surface area (Å²) in [5.41, 5.74) is 1.94. The number of aryl methyl sites for hydroxylation is 1. The molecule has 0 atom stereocenters. The Morgan fingerprint density at radius 3 is 2.44 bits per heavy atom. The van der Waals surface area contributed by atoms with Gasteiger partial charge < -0.3 is 4.90 Å². The molecule has 0 bridgehead atoms. The molecular weight excluding hydrogens is 355 g/mol. The van der Waals surface area contributed by atoms with Crippen LogP contribution in [0.25, 0.3) is 0 Å². The zero-order chi connectivity index (χ0) is 19.6. The van der Waals surface area contributed by atoms with Crippen LogP contribution in [-0.4, -0.2) is 24.7 Å². The van der Waals surface area contributed by atoms with Gasteiger partial charge in [0.1, 0.15) is 5.78 Å².